The summed E-state index contributed by atoms with van der Waals surface area (Å²) in [6, 6.07) is 16.1. The fraction of sp³-hybridized carbons (Fsp3) is 0.182. The molecule has 1 unspecified atom stereocenters. The van der Waals surface area contributed by atoms with Gasteiger partial charge >= 0.3 is 5.97 Å². The molecule has 1 aliphatic heterocycles. The number of aromatic nitrogens is 1. The number of carboxylic acid groups (broad SMARTS) is 1. The predicted molar refractivity (Wildman–Crippen MR) is 111 cm³/mol. The molecular weight excluding hydrogens is 404 g/mol. The number of anilines is 1. The smallest absolute Gasteiger partial charge is 0.305 e. The van der Waals surface area contributed by atoms with Crippen molar-refractivity contribution < 1.29 is 23.1 Å². The van der Waals surface area contributed by atoms with Crippen molar-refractivity contribution in [3.63, 3.8) is 0 Å². The van der Waals surface area contributed by atoms with Crippen molar-refractivity contribution in [2.24, 2.45) is 0 Å². The van der Waals surface area contributed by atoms with E-state index in [0.717, 1.165) is 11.3 Å². The molecule has 30 heavy (non-hydrogen) atoms. The number of sulfonamides is 1. The number of benzene rings is 2. The summed E-state index contributed by atoms with van der Waals surface area (Å²) in [6.07, 6.45) is 1.39. The molecule has 1 aliphatic rings. The molecule has 0 fully saturated rings. The third-order valence-corrected chi connectivity index (χ3v) is 6.83. The summed E-state index contributed by atoms with van der Waals surface area (Å²) in [7, 11) is -3.84. The van der Waals surface area contributed by atoms with Crippen LogP contribution < -0.4 is 9.04 Å². The second-order valence-corrected chi connectivity index (χ2v) is 8.82. The van der Waals surface area contributed by atoms with Crippen LogP contribution >= 0.6 is 0 Å². The van der Waals surface area contributed by atoms with E-state index in [1.54, 1.807) is 48.7 Å². The molecule has 7 nitrogen and oxygen atoms in total. The maximum Gasteiger partial charge on any atom is 0.305 e. The van der Waals surface area contributed by atoms with Crippen molar-refractivity contribution in [2.45, 2.75) is 30.9 Å². The lowest BCUT2D eigenvalue weighted by atomic mass is 10.0. The Balaban J connectivity index is 1.60. The summed E-state index contributed by atoms with van der Waals surface area (Å²) in [5, 5.41) is 9.33. The number of ether oxygens (including phenoxy) is 1. The molecule has 2 heterocycles. The van der Waals surface area contributed by atoms with E-state index in [9.17, 15) is 18.3 Å². The summed E-state index contributed by atoms with van der Waals surface area (Å²) in [6.45, 7) is 2.26. The number of fused-ring (bicyclic) bond motifs is 1. The van der Waals surface area contributed by atoms with Crippen molar-refractivity contribution in [1.29, 1.82) is 0 Å². The van der Waals surface area contributed by atoms with Crippen LogP contribution in [0.3, 0.4) is 0 Å². The fourth-order valence-electron chi connectivity index (χ4n) is 3.62. The number of nitrogens with zero attached hydrogens (tertiary/aromatic N) is 2. The van der Waals surface area contributed by atoms with E-state index in [-0.39, 0.29) is 11.3 Å². The molecular formula is C22H20N2O5S. The Morgan fingerprint density at radius 2 is 1.87 bits per heavy atom. The number of carboxylic acids is 1. The predicted octanol–water partition coefficient (Wildman–Crippen LogP) is 3.69. The molecule has 1 atom stereocenters. The van der Waals surface area contributed by atoms with Gasteiger partial charge in [-0.3, -0.25) is 14.1 Å². The van der Waals surface area contributed by atoms with Gasteiger partial charge in [0.15, 0.2) is 0 Å². The first-order valence-corrected chi connectivity index (χ1v) is 10.8. The standard InChI is InChI=1S/C22H20N2O5S/c1-15-12-16(10-11-23-15)14-29-18-8-6-17(7-9-18)24-20(13-22(25)26)19-4-2-3-5-21(19)30(24,27)28/h2-12,20H,13-14H2,1H3,(H,25,26). The molecule has 0 bridgehead atoms. The second kappa shape index (κ2) is 7.79. The van der Waals surface area contributed by atoms with E-state index in [1.165, 1.54) is 10.4 Å². The average Bonchev–Trinajstić information content (AvgIpc) is 2.93. The van der Waals surface area contributed by atoms with Gasteiger partial charge < -0.3 is 9.84 Å². The van der Waals surface area contributed by atoms with Gasteiger partial charge in [-0.15, -0.1) is 0 Å². The molecule has 2 aromatic carbocycles. The Bertz CT molecular complexity index is 1190. The molecule has 0 aliphatic carbocycles. The summed E-state index contributed by atoms with van der Waals surface area (Å²) in [5.74, 6) is -0.485. The van der Waals surface area contributed by atoms with Crippen LogP contribution in [0.25, 0.3) is 0 Å². The lowest BCUT2D eigenvalue weighted by Crippen LogP contribution is -2.29. The minimum atomic E-state index is -3.84. The van der Waals surface area contributed by atoms with Crippen LogP contribution in [0.5, 0.6) is 5.75 Å². The van der Waals surface area contributed by atoms with Gasteiger partial charge in [0.1, 0.15) is 12.4 Å². The quantitative estimate of drug-likeness (QED) is 0.648. The first kappa shape index (κ1) is 19.9. The number of aliphatic carboxylic acids is 1. The first-order valence-electron chi connectivity index (χ1n) is 9.36. The summed E-state index contributed by atoms with van der Waals surface area (Å²) in [5.41, 5.74) is 2.76. The van der Waals surface area contributed by atoms with Crippen LogP contribution in [0, 0.1) is 6.92 Å². The van der Waals surface area contributed by atoms with Crippen LogP contribution in [-0.2, 0) is 21.4 Å². The molecule has 0 saturated heterocycles. The number of hydrogen-bond donors (Lipinski definition) is 1. The number of hydrogen-bond acceptors (Lipinski definition) is 5. The highest BCUT2D eigenvalue weighted by molar-refractivity contribution is 7.93. The van der Waals surface area contributed by atoms with Gasteiger partial charge in [0.25, 0.3) is 10.0 Å². The van der Waals surface area contributed by atoms with E-state index < -0.39 is 22.0 Å². The highest BCUT2D eigenvalue weighted by atomic mass is 32.2. The van der Waals surface area contributed by atoms with Crippen LogP contribution in [0.2, 0.25) is 0 Å². The van der Waals surface area contributed by atoms with Crippen LogP contribution in [0.15, 0.2) is 71.8 Å². The SMILES string of the molecule is Cc1cc(COc2ccc(N3C(CC(=O)O)c4ccccc4S3(=O)=O)cc2)ccn1. The lowest BCUT2D eigenvalue weighted by Gasteiger charge is -2.24. The normalized spacial score (nSPS) is 16.8. The first-order chi connectivity index (χ1) is 14.4. The number of carbonyl (C=O) groups is 1. The Hall–Kier alpha value is -3.39. The zero-order chi connectivity index (χ0) is 21.3. The third-order valence-electron chi connectivity index (χ3n) is 4.92. The largest absolute Gasteiger partial charge is 0.489 e. The molecule has 154 valence electrons. The maximum absolute atomic E-state index is 13.1. The molecule has 0 spiro atoms. The minimum absolute atomic E-state index is 0.143. The topological polar surface area (TPSA) is 96.8 Å². The van der Waals surface area contributed by atoms with E-state index >= 15 is 0 Å². The fourth-order valence-corrected chi connectivity index (χ4v) is 5.50. The monoisotopic (exact) mass is 424 g/mol. The number of aryl methyl sites for hydroxylation is 1. The Morgan fingerprint density at radius 1 is 1.13 bits per heavy atom. The lowest BCUT2D eigenvalue weighted by molar-refractivity contribution is -0.137. The van der Waals surface area contributed by atoms with Gasteiger partial charge in [-0.25, -0.2) is 8.42 Å². The molecule has 0 saturated carbocycles. The van der Waals surface area contributed by atoms with E-state index in [2.05, 4.69) is 4.98 Å². The molecule has 0 amide bonds. The highest BCUT2D eigenvalue weighted by Crippen LogP contribution is 2.44. The van der Waals surface area contributed by atoms with Gasteiger partial charge in [0, 0.05) is 11.9 Å². The van der Waals surface area contributed by atoms with Crippen molar-refractivity contribution >= 4 is 21.7 Å². The molecule has 8 heteroatoms. The number of rotatable bonds is 6. The Kier molecular flexibility index (Phi) is 5.17. The minimum Gasteiger partial charge on any atom is -0.489 e. The third kappa shape index (κ3) is 3.73. The summed E-state index contributed by atoms with van der Waals surface area (Å²) in [4.78, 5) is 15.7. The van der Waals surface area contributed by atoms with Gasteiger partial charge in [-0.1, -0.05) is 18.2 Å². The van der Waals surface area contributed by atoms with Crippen molar-refractivity contribution in [3.05, 3.63) is 83.7 Å². The zero-order valence-electron chi connectivity index (χ0n) is 16.2. The molecule has 3 aromatic rings. The summed E-state index contributed by atoms with van der Waals surface area (Å²) < 4.78 is 33.2. The van der Waals surface area contributed by atoms with Gasteiger partial charge in [0.05, 0.1) is 23.0 Å². The maximum atomic E-state index is 13.1. The Morgan fingerprint density at radius 3 is 2.57 bits per heavy atom. The highest BCUT2D eigenvalue weighted by Gasteiger charge is 2.43. The average molecular weight is 424 g/mol. The molecule has 0 radical (unpaired) electrons. The van der Waals surface area contributed by atoms with Crippen molar-refractivity contribution in [2.75, 3.05) is 4.31 Å². The second-order valence-electron chi connectivity index (χ2n) is 7.04. The number of pyridine rings is 1. The van der Waals surface area contributed by atoms with Crippen LogP contribution in [0.4, 0.5) is 5.69 Å². The van der Waals surface area contributed by atoms with Gasteiger partial charge in [-0.2, -0.15) is 0 Å². The molecule has 1 N–H and O–H groups in total. The van der Waals surface area contributed by atoms with Gasteiger partial charge in [0.2, 0.25) is 0 Å². The molecule has 4 rings (SSSR count). The van der Waals surface area contributed by atoms with Crippen molar-refractivity contribution in [3.8, 4) is 5.75 Å². The van der Waals surface area contributed by atoms with E-state index in [0.29, 0.717) is 23.6 Å². The van der Waals surface area contributed by atoms with E-state index in [4.69, 9.17) is 4.74 Å². The Labute approximate surface area is 174 Å². The van der Waals surface area contributed by atoms with E-state index in [1.807, 2.05) is 19.1 Å². The van der Waals surface area contributed by atoms with Crippen LogP contribution in [-0.4, -0.2) is 24.5 Å². The van der Waals surface area contributed by atoms with Crippen LogP contribution in [0.1, 0.15) is 29.3 Å². The van der Waals surface area contributed by atoms with Gasteiger partial charge in [-0.05, 0) is 60.5 Å². The zero-order valence-corrected chi connectivity index (χ0v) is 17.0. The van der Waals surface area contributed by atoms with Crippen molar-refractivity contribution in [1.82, 2.24) is 4.98 Å². The molecule has 1 aromatic heterocycles. The summed E-state index contributed by atoms with van der Waals surface area (Å²) >= 11 is 0.